The number of nitrogens with one attached hydrogen (secondary N) is 1. The van der Waals surface area contributed by atoms with Crippen LogP contribution in [0.4, 0.5) is 0 Å². The van der Waals surface area contributed by atoms with Crippen LogP contribution in [0, 0.1) is 11.3 Å². The number of carbonyl (C=O) groups is 1. The molecule has 0 aliphatic heterocycles. The second-order valence-corrected chi connectivity index (χ2v) is 7.50. The lowest BCUT2D eigenvalue weighted by Crippen LogP contribution is -2.25. The summed E-state index contributed by atoms with van der Waals surface area (Å²) < 4.78 is 17.6. The molecule has 0 aliphatic carbocycles. The highest BCUT2D eigenvalue weighted by molar-refractivity contribution is 9.10. The molecule has 2 rings (SSSR count). The number of esters is 1. The number of aromatic amines is 1. The number of ether oxygens (including phenoxy) is 3. The lowest BCUT2D eigenvalue weighted by atomic mass is 10.1. The number of rotatable bonds is 6. The highest BCUT2D eigenvalue weighted by Gasteiger charge is 2.30. The lowest BCUT2D eigenvalue weighted by Gasteiger charge is -2.21. The van der Waals surface area contributed by atoms with Crippen molar-refractivity contribution in [3.63, 3.8) is 0 Å². The number of nitrogens with zero attached hydrogens (tertiary/aromatic N) is 1. The molecular weight excluding hydrogens is 400 g/mol. The van der Waals surface area contributed by atoms with Crippen LogP contribution in [0.25, 0.3) is 10.9 Å². The van der Waals surface area contributed by atoms with Gasteiger partial charge in [0, 0.05) is 23.1 Å². The minimum atomic E-state index is -0.739. The molecule has 0 radical (unpaired) electrons. The Hall–Kier alpha value is -1.88. The first kappa shape index (κ1) is 20.4. The third-order valence-corrected chi connectivity index (χ3v) is 4.12. The van der Waals surface area contributed by atoms with Crippen molar-refractivity contribution in [1.29, 1.82) is 5.26 Å². The fourth-order valence-electron chi connectivity index (χ4n) is 2.58. The van der Waals surface area contributed by atoms with Gasteiger partial charge >= 0.3 is 5.97 Å². The van der Waals surface area contributed by atoms with Crippen LogP contribution in [0.2, 0.25) is 0 Å². The average molecular weight is 423 g/mol. The molecule has 6 nitrogen and oxygen atoms in total. The summed E-state index contributed by atoms with van der Waals surface area (Å²) >= 11 is 3.46. The van der Waals surface area contributed by atoms with Crippen LogP contribution in [0.15, 0.2) is 16.6 Å². The van der Waals surface area contributed by atoms with Gasteiger partial charge in [-0.2, -0.15) is 5.26 Å². The van der Waals surface area contributed by atoms with Gasteiger partial charge in [-0.05, 0) is 62.7 Å². The molecule has 0 unspecified atom stereocenters. The number of benzene rings is 1. The standard InChI is InChI=1S/C19H23BrN2O4/c1-6-24-18(25-7-2)16-14(17(23)26-19(3,4)5)12-8-11(10-21)9-13(20)15(12)22-16/h8-9,18,22H,6-7H2,1-5H3. The summed E-state index contributed by atoms with van der Waals surface area (Å²) in [6, 6.07) is 5.46. The number of fused-ring (bicyclic) bond motifs is 1. The molecule has 0 atom stereocenters. The Labute approximate surface area is 161 Å². The average Bonchev–Trinajstić information content (AvgIpc) is 2.93. The third-order valence-electron chi connectivity index (χ3n) is 3.49. The number of hydrogen-bond donors (Lipinski definition) is 1. The fraction of sp³-hybridized carbons (Fsp3) is 0.474. The fourth-order valence-corrected chi connectivity index (χ4v) is 3.14. The third kappa shape index (κ3) is 4.44. The van der Waals surface area contributed by atoms with Crippen LogP contribution < -0.4 is 0 Å². The predicted octanol–water partition coefficient (Wildman–Crippen LogP) is 4.83. The SMILES string of the molecule is CCOC(OCC)c1[nH]c2c(Br)cc(C#N)cc2c1C(=O)OC(C)(C)C. The van der Waals surface area contributed by atoms with E-state index in [1.807, 2.05) is 13.8 Å². The van der Waals surface area contributed by atoms with E-state index in [0.29, 0.717) is 45.4 Å². The maximum atomic E-state index is 12.9. The van der Waals surface area contributed by atoms with Crippen LogP contribution in [0.5, 0.6) is 0 Å². The van der Waals surface area contributed by atoms with Crippen LogP contribution in [0.3, 0.4) is 0 Å². The van der Waals surface area contributed by atoms with Crippen LogP contribution in [-0.2, 0) is 14.2 Å². The molecule has 1 N–H and O–H groups in total. The monoisotopic (exact) mass is 422 g/mol. The van der Waals surface area contributed by atoms with Gasteiger partial charge in [-0.1, -0.05) is 0 Å². The summed E-state index contributed by atoms with van der Waals surface area (Å²) in [6.45, 7) is 9.95. The molecule has 0 saturated carbocycles. The molecule has 26 heavy (non-hydrogen) atoms. The molecule has 0 saturated heterocycles. The summed E-state index contributed by atoms with van der Waals surface area (Å²) in [5, 5.41) is 9.86. The van der Waals surface area contributed by atoms with Gasteiger partial charge in [0.2, 0.25) is 0 Å². The highest BCUT2D eigenvalue weighted by atomic mass is 79.9. The van der Waals surface area contributed by atoms with E-state index in [-0.39, 0.29) is 0 Å². The second kappa shape index (κ2) is 8.21. The smallest absolute Gasteiger partial charge is 0.341 e. The molecule has 0 bridgehead atoms. The molecule has 1 heterocycles. The molecule has 2 aromatic rings. The number of aromatic nitrogens is 1. The van der Waals surface area contributed by atoms with Crippen LogP contribution >= 0.6 is 15.9 Å². The second-order valence-electron chi connectivity index (χ2n) is 6.65. The van der Waals surface area contributed by atoms with Crippen molar-refractivity contribution >= 4 is 32.8 Å². The predicted molar refractivity (Wildman–Crippen MR) is 102 cm³/mol. The zero-order chi connectivity index (χ0) is 19.5. The minimum absolute atomic E-state index is 0.319. The van der Waals surface area contributed by atoms with E-state index in [1.165, 1.54) is 0 Å². The lowest BCUT2D eigenvalue weighted by molar-refractivity contribution is -0.142. The summed E-state index contributed by atoms with van der Waals surface area (Å²) in [4.78, 5) is 16.1. The van der Waals surface area contributed by atoms with E-state index >= 15 is 0 Å². The van der Waals surface area contributed by atoms with Gasteiger partial charge in [0.1, 0.15) is 5.60 Å². The number of hydrogen-bond acceptors (Lipinski definition) is 5. The molecule has 0 aliphatic rings. The number of H-pyrrole nitrogens is 1. The van der Waals surface area contributed by atoms with Crippen molar-refractivity contribution < 1.29 is 19.0 Å². The van der Waals surface area contributed by atoms with E-state index < -0.39 is 17.9 Å². The number of carbonyl (C=O) groups excluding carboxylic acids is 1. The molecule has 1 aromatic heterocycles. The highest BCUT2D eigenvalue weighted by Crippen LogP contribution is 2.35. The van der Waals surface area contributed by atoms with Gasteiger partial charge < -0.3 is 19.2 Å². The Morgan fingerprint density at radius 3 is 2.38 bits per heavy atom. The maximum Gasteiger partial charge on any atom is 0.341 e. The summed E-state index contributed by atoms with van der Waals surface area (Å²) in [5.41, 5.74) is 1.26. The van der Waals surface area contributed by atoms with Gasteiger partial charge in [0.05, 0.1) is 28.4 Å². The number of halogens is 1. The quantitative estimate of drug-likeness (QED) is 0.532. The Morgan fingerprint density at radius 2 is 1.88 bits per heavy atom. The van der Waals surface area contributed by atoms with Crippen molar-refractivity contribution in [1.82, 2.24) is 4.98 Å². The first-order valence-corrected chi connectivity index (χ1v) is 9.22. The van der Waals surface area contributed by atoms with Gasteiger partial charge in [0.15, 0.2) is 6.29 Å². The maximum absolute atomic E-state index is 12.9. The Balaban J connectivity index is 2.73. The van der Waals surface area contributed by atoms with Gasteiger partial charge in [-0.15, -0.1) is 0 Å². The van der Waals surface area contributed by atoms with Crippen molar-refractivity contribution in [2.45, 2.75) is 46.5 Å². The molecule has 0 amide bonds. The largest absolute Gasteiger partial charge is 0.456 e. The Morgan fingerprint density at radius 1 is 1.27 bits per heavy atom. The molecule has 0 fully saturated rings. The molecule has 140 valence electrons. The first-order chi connectivity index (χ1) is 12.2. The van der Waals surface area contributed by atoms with E-state index in [0.717, 1.165) is 0 Å². The molecule has 7 heteroatoms. The molecule has 0 spiro atoms. The van der Waals surface area contributed by atoms with E-state index in [4.69, 9.17) is 14.2 Å². The summed E-state index contributed by atoms with van der Waals surface area (Å²) in [7, 11) is 0. The zero-order valence-corrected chi connectivity index (χ0v) is 17.2. The van der Waals surface area contributed by atoms with E-state index in [2.05, 4.69) is 27.0 Å². The summed E-state index contributed by atoms with van der Waals surface area (Å²) in [5.74, 6) is -0.495. The molecule has 1 aromatic carbocycles. The van der Waals surface area contributed by atoms with Crippen LogP contribution in [-0.4, -0.2) is 29.8 Å². The summed E-state index contributed by atoms with van der Waals surface area (Å²) in [6.07, 6.45) is -0.739. The van der Waals surface area contributed by atoms with Crippen molar-refractivity contribution in [3.05, 3.63) is 33.4 Å². The first-order valence-electron chi connectivity index (χ1n) is 8.43. The zero-order valence-electron chi connectivity index (χ0n) is 15.6. The Bertz CT molecular complexity index is 840. The Kier molecular flexibility index (Phi) is 6.45. The van der Waals surface area contributed by atoms with Crippen molar-refractivity contribution in [3.8, 4) is 6.07 Å². The minimum Gasteiger partial charge on any atom is -0.456 e. The van der Waals surface area contributed by atoms with E-state index in [1.54, 1.807) is 32.9 Å². The normalized spacial score (nSPS) is 11.8. The van der Waals surface area contributed by atoms with Crippen molar-refractivity contribution in [2.24, 2.45) is 0 Å². The number of nitriles is 1. The van der Waals surface area contributed by atoms with Gasteiger partial charge in [0.25, 0.3) is 0 Å². The van der Waals surface area contributed by atoms with E-state index in [9.17, 15) is 10.1 Å². The topological polar surface area (TPSA) is 84.3 Å². The van der Waals surface area contributed by atoms with Crippen LogP contribution in [0.1, 0.15) is 62.5 Å². The van der Waals surface area contributed by atoms with Gasteiger partial charge in [-0.3, -0.25) is 0 Å². The van der Waals surface area contributed by atoms with Gasteiger partial charge in [-0.25, -0.2) is 4.79 Å². The van der Waals surface area contributed by atoms with Crippen molar-refractivity contribution in [2.75, 3.05) is 13.2 Å². The molecular formula is C19H23BrN2O4.